The van der Waals surface area contributed by atoms with Gasteiger partial charge in [-0.1, -0.05) is 27.7 Å². The average molecular weight is 471 g/mol. The highest BCUT2D eigenvalue weighted by Gasteiger charge is 2.25. The highest BCUT2D eigenvalue weighted by molar-refractivity contribution is 14.0. The minimum Gasteiger partial charge on any atom is -0.396 e. The monoisotopic (exact) mass is 471 g/mol. The smallest absolute Gasteiger partial charge is 0.191 e. The fourth-order valence-electron chi connectivity index (χ4n) is 2.89. The molecule has 0 bridgehead atoms. The molecule has 0 heterocycles. The molecule has 0 aliphatic heterocycles. The van der Waals surface area contributed by atoms with Crippen LogP contribution in [0.2, 0.25) is 0 Å². The Bertz CT molecular complexity index is 335. The number of halogens is 1. The van der Waals surface area contributed by atoms with Crippen LogP contribution in [-0.4, -0.2) is 50.0 Å². The minimum absolute atomic E-state index is 0. The molecule has 0 amide bonds. The van der Waals surface area contributed by atoms with Crippen molar-refractivity contribution in [3.05, 3.63) is 0 Å². The summed E-state index contributed by atoms with van der Waals surface area (Å²) in [6, 6.07) is 0. The first-order chi connectivity index (χ1) is 11.5. The van der Waals surface area contributed by atoms with Crippen LogP contribution in [0.15, 0.2) is 4.99 Å². The predicted molar refractivity (Wildman–Crippen MR) is 119 cm³/mol. The molecule has 0 aliphatic rings. The van der Waals surface area contributed by atoms with Crippen LogP contribution < -0.4 is 10.6 Å². The molecular weight excluding hydrogens is 429 g/mol. The van der Waals surface area contributed by atoms with Gasteiger partial charge in [-0.25, -0.2) is 0 Å². The molecule has 1 unspecified atom stereocenters. The largest absolute Gasteiger partial charge is 0.396 e. The number of hydrogen-bond donors (Lipinski definition) is 3. The predicted octanol–water partition coefficient (Wildman–Crippen LogP) is 3.80. The lowest BCUT2D eigenvalue weighted by Gasteiger charge is -2.29. The molecule has 3 N–H and O–H groups in total. The molecule has 0 rings (SSSR count). The molecular formula is C19H42IN3O2. The van der Waals surface area contributed by atoms with Crippen molar-refractivity contribution in [1.29, 1.82) is 0 Å². The van der Waals surface area contributed by atoms with Gasteiger partial charge in [0.25, 0.3) is 0 Å². The van der Waals surface area contributed by atoms with E-state index in [1.54, 1.807) is 0 Å². The van der Waals surface area contributed by atoms with E-state index < -0.39 is 0 Å². The lowest BCUT2D eigenvalue weighted by molar-refractivity contribution is 0.0258. The van der Waals surface area contributed by atoms with Crippen molar-refractivity contribution in [2.75, 3.05) is 32.8 Å². The second-order valence-electron chi connectivity index (χ2n) is 6.83. The molecule has 0 aromatic rings. The van der Waals surface area contributed by atoms with Gasteiger partial charge in [0.1, 0.15) is 0 Å². The van der Waals surface area contributed by atoms with E-state index in [0.29, 0.717) is 5.92 Å². The van der Waals surface area contributed by atoms with Crippen LogP contribution in [-0.2, 0) is 4.74 Å². The van der Waals surface area contributed by atoms with Crippen molar-refractivity contribution in [2.24, 2.45) is 16.3 Å². The summed E-state index contributed by atoms with van der Waals surface area (Å²) in [5, 5.41) is 16.1. The van der Waals surface area contributed by atoms with Gasteiger partial charge in [-0.2, -0.15) is 0 Å². The van der Waals surface area contributed by atoms with Crippen molar-refractivity contribution in [3.63, 3.8) is 0 Å². The molecule has 5 nitrogen and oxygen atoms in total. The molecule has 0 saturated carbocycles. The Hall–Kier alpha value is -0.0800. The van der Waals surface area contributed by atoms with E-state index in [2.05, 4.69) is 45.3 Å². The first-order valence-electron chi connectivity index (χ1n) is 9.73. The lowest BCUT2D eigenvalue weighted by atomic mass is 9.79. The Balaban J connectivity index is 0. The van der Waals surface area contributed by atoms with Gasteiger partial charge < -0.3 is 20.5 Å². The quantitative estimate of drug-likeness (QED) is 0.217. The van der Waals surface area contributed by atoms with E-state index in [1.807, 2.05) is 6.92 Å². The summed E-state index contributed by atoms with van der Waals surface area (Å²) in [6.07, 6.45) is 4.13. The summed E-state index contributed by atoms with van der Waals surface area (Å²) < 4.78 is 5.80. The van der Waals surface area contributed by atoms with E-state index in [0.717, 1.165) is 57.9 Å². The van der Waals surface area contributed by atoms with Crippen LogP contribution in [0.25, 0.3) is 0 Å². The van der Waals surface area contributed by atoms with Crippen LogP contribution in [0.3, 0.4) is 0 Å². The SMILES string of the molecule is CCNC(=NCC(CC)(CC)CCO)NCCC(OCC)C(C)C.I. The Kier molecular flexibility index (Phi) is 17.5. The third-order valence-corrected chi connectivity index (χ3v) is 4.90. The fourth-order valence-corrected chi connectivity index (χ4v) is 2.89. The van der Waals surface area contributed by atoms with Gasteiger partial charge in [-0.3, -0.25) is 4.99 Å². The maximum absolute atomic E-state index is 9.34. The number of aliphatic hydroxyl groups is 1. The van der Waals surface area contributed by atoms with Crippen LogP contribution >= 0.6 is 24.0 Å². The van der Waals surface area contributed by atoms with Crippen LogP contribution in [0.1, 0.15) is 67.2 Å². The van der Waals surface area contributed by atoms with Crippen molar-refractivity contribution < 1.29 is 9.84 Å². The number of guanidine groups is 1. The van der Waals surface area contributed by atoms with Crippen molar-refractivity contribution in [2.45, 2.75) is 73.3 Å². The number of nitrogens with zero attached hydrogens (tertiary/aromatic N) is 1. The van der Waals surface area contributed by atoms with Gasteiger partial charge in [0.15, 0.2) is 5.96 Å². The maximum atomic E-state index is 9.34. The Labute approximate surface area is 172 Å². The average Bonchev–Trinajstić information content (AvgIpc) is 2.57. The molecule has 0 radical (unpaired) electrons. The normalized spacial score (nSPS) is 13.5. The molecule has 0 saturated heterocycles. The molecule has 1 atom stereocenters. The third-order valence-electron chi connectivity index (χ3n) is 4.90. The topological polar surface area (TPSA) is 65.9 Å². The summed E-state index contributed by atoms with van der Waals surface area (Å²) in [6.45, 7) is 16.3. The molecule has 25 heavy (non-hydrogen) atoms. The molecule has 0 fully saturated rings. The number of aliphatic hydroxyl groups excluding tert-OH is 1. The number of nitrogens with one attached hydrogen (secondary N) is 2. The maximum Gasteiger partial charge on any atom is 0.191 e. The van der Waals surface area contributed by atoms with Gasteiger partial charge in [-0.05, 0) is 50.9 Å². The Morgan fingerprint density at radius 1 is 1.12 bits per heavy atom. The van der Waals surface area contributed by atoms with Crippen molar-refractivity contribution >= 4 is 29.9 Å². The summed E-state index contributed by atoms with van der Waals surface area (Å²) in [7, 11) is 0. The first-order valence-corrected chi connectivity index (χ1v) is 9.73. The highest BCUT2D eigenvalue weighted by atomic mass is 127. The molecule has 0 spiro atoms. The minimum atomic E-state index is 0. The zero-order chi connectivity index (χ0) is 18.4. The van der Waals surface area contributed by atoms with Gasteiger partial charge in [-0.15, -0.1) is 24.0 Å². The van der Waals surface area contributed by atoms with Gasteiger partial charge in [0.05, 0.1) is 6.10 Å². The molecule has 0 aromatic heterocycles. The van der Waals surface area contributed by atoms with Crippen LogP contribution in [0, 0.1) is 11.3 Å². The Morgan fingerprint density at radius 3 is 2.20 bits per heavy atom. The van der Waals surface area contributed by atoms with Crippen molar-refractivity contribution in [1.82, 2.24) is 10.6 Å². The summed E-state index contributed by atoms with van der Waals surface area (Å²) in [5.41, 5.74) is 0.100. The summed E-state index contributed by atoms with van der Waals surface area (Å²) in [5.74, 6) is 1.38. The van der Waals surface area contributed by atoms with E-state index >= 15 is 0 Å². The summed E-state index contributed by atoms with van der Waals surface area (Å²) >= 11 is 0. The zero-order valence-electron chi connectivity index (χ0n) is 17.2. The fraction of sp³-hybridized carbons (Fsp3) is 0.947. The summed E-state index contributed by atoms with van der Waals surface area (Å²) in [4.78, 5) is 4.78. The Morgan fingerprint density at radius 2 is 1.76 bits per heavy atom. The molecule has 152 valence electrons. The van der Waals surface area contributed by atoms with E-state index in [1.165, 1.54) is 0 Å². The highest BCUT2D eigenvalue weighted by Crippen LogP contribution is 2.30. The van der Waals surface area contributed by atoms with Gasteiger partial charge >= 0.3 is 0 Å². The second-order valence-corrected chi connectivity index (χ2v) is 6.83. The number of aliphatic imine (C=N–C) groups is 1. The van der Waals surface area contributed by atoms with Crippen molar-refractivity contribution in [3.8, 4) is 0 Å². The number of ether oxygens (including phenoxy) is 1. The third kappa shape index (κ3) is 11.3. The van der Waals surface area contributed by atoms with E-state index in [9.17, 15) is 5.11 Å². The zero-order valence-corrected chi connectivity index (χ0v) is 19.6. The number of hydrogen-bond acceptors (Lipinski definition) is 3. The van der Waals surface area contributed by atoms with Gasteiger partial charge in [0.2, 0.25) is 0 Å². The van der Waals surface area contributed by atoms with Crippen LogP contribution in [0.4, 0.5) is 0 Å². The lowest BCUT2D eigenvalue weighted by Crippen LogP contribution is -2.40. The molecule has 6 heteroatoms. The second kappa shape index (κ2) is 16.1. The first kappa shape index (κ1) is 27.1. The number of rotatable bonds is 13. The van der Waals surface area contributed by atoms with E-state index in [-0.39, 0.29) is 42.1 Å². The van der Waals surface area contributed by atoms with Crippen LogP contribution in [0.5, 0.6) is 0 Å². The molecule has 0 aliphatic carbocycles. The van der Waals surface area contributed by atoms with E-state index in [4.69, 9.17) is 9.73 Å². The van der Waals surface area contributed by atoms with Gasteiger partial charge in [0, 0.05) is 32.8 Å². The standard InChI is InChI=1S/C19H41N3O2.HI/c1-7-19(8-2,12-14-23)15-22-18(20-9-3)21-13-11-17(16(5)6)24-10-4;/h16-17,23H,7-15H2,1-6H3,(H2,20,21,22);1H. The molecule has 0 aromatic carbocycles.